The summed E-state index contributed by atoms with van der Waals surface area (Å²) in [6, 6.07) is 20.8. The van der Waals surface area contributed by atoms with Gasteiger partial charge in [0.25, 0.3) is 0 Å². The third-order valence-corrected chi connectivity index (χ3v) is 11.3. The lowest BCUT2D eigenvalue weighted by atomic mass is 9.95. The molecule has 4 heterocycles. The molecular weight excluding hydrogens is 668 g/mol. The van der Waals surface area contributed by atoms with Gasteiger partial charge in [-0.05, 0) is 103 Å². The number of halogens is 1. The SMILES string of the molecule is CCc1ccc(-c2[nH]nc3c2C=C(c2ccc(N4CCN(CC5CCN(c6ccc(N(C)CCC(=O)NC=O)cc6)CC5)CC4)c(F)c2)CN3)cc1C. The number of rotatable bonds is 12. The molecule has 0 bridgehead atoms. The fourth-order valence-electron chi connectivity index (χ4n) is 8.01. The Balaban J connectivity index is 0.891. The van der Waals surface area contributed by atoms with Gasteiger partial charge in [0, 0.05) is 94.9 Å². The number of carbonyl (C=O) groups is 2. The predicted octanol–water partition coefficient (Wildman–Crippen LogP) is 6.19. The van der Waals surface area contributed by atoms with E-state index in [0.717, 1.165) is 105 Å². The smallest absolute Gasteiger partial charge is 0.228 e. The van der Waals surface area contributed by atoms with E-state index in [1.54, 1.807) is 6.07 Å². The molecule has 10 nitrogen and oxygen atoms in total. The zero-order valence-corrected chi connectivity index (χ0v) is 31.1. The van der Waals surface area contributed by atoms with Crippen molar-refractivity contribution in [3.05, 3.63) is 88.7 Å². The number of fused-ring (bicyclic) bond motifs is 1. The quantitative estimate of drug-likeness (QED) is 0.149. The van der Waals surface area contributed by atoms with E-state index in [1.807, 2.05) is 18.0 Å². The summed E-state index contributed by atoms with van der Waals surface area (Å²) in [6.07, 6.45) is 6.15. The molecule has 0 unspecified atom stereocenters. The highest BCUT2D eigenvalue weighted by atomic mass is 19.1. The minimum atomic E-state index is -0.272. The number of nitrogens with zero attached hydrogens (tertiary/aromatic N) is 5. The number of piperidine rings is 1. The Morgan fingerprint density at radius 3 is 2.43 bits per heavy atom. The van der Waals surface area contributed by atoms with Crippen LogP contribution in [0.1, 0.15) is 48.4 Å². The van der Waals surface area contributed by atoms with E-state index < -0.39 is 0 Å². The number of imide groups is 1. The molecule has 3 N–H and O–H groups in total. The van der Waals surface area contributed by atoms with Crippen LogP contribution < -0.4 is 25.3 Å². The van der Waals surface area contributed by atoms with Crippen molar-refractivity contribution in [3.8, 4) is 11.3 Å². The van der Waals surface area contributed by atoms with Crippen LogP contribution in [0, 0.1) is 18.7 Å². The average Bonchev–Trinajstić information content (AvgIpc) is 3.61. The zero-order valence-electron chi connectivity index (χ0n) is 31.1. The van der Waals surface area contributed by atoms with Gasteiger partial charge in [-0.2, -0.15) is 5.10 Å². The Hall–Kier alpha value is -5.16. The monoisotopic (exact) mass is 718 g/mol. The number of hydrogen-bond donors (Lipinski definition) is 3. The molecule has 0 saturated carbocycles. The summed E-state index contributed by atoms with van der Waals surface area (Å²) in [5.41, 5.74) is 10.6. The molecule has 2 saturated heterocycles. The van der Waals surface area contributed by atoms with Gasteiger partial charge >= 0.3 is 0 Å². The lowest BCUT2D eigenvalue weighted by Gasteiger charge is -2.40. The van der Waals surface area contributed by atoms with Crippen molar-refractivity contribution < 1.29 is 14.0 Å². The molecule has 4 aromatic rings. The number of aromatic amines is 1. The molecule has 3 aliphatic rings. The predicted molar refractivity (Wildman–Crippen MR) is 213 cm³/mol. The Morgan fingerprint density at radius 2 is 1.74 bits per heavy atom. The topological polar surface area (TPSA) is 99.8 Å². The summed E-state index contributed by atoms with van der Waals surface area (Å²) in [5.74, 6) is 1.04. The number of H-pyrrole nitrogens is 1. The van der Waals surface area contributed by atoms with Gasteiger partial charge in [-0.15, -0.1) is 0 Å². The third kappa shape index (κ3) is 8.25. The summed E-state index contributed by atoms with van der Waals surface area (Å²) in [4.78, 5) is 31.3. The number of benzene rings is 3. The van der Waals surface area contributed by atoms with Crippen LogP contribution in [-0.2, 0) is 16.0 Å². The lowest BCUT2D eigenvalue weighted by Crippen LogP contribution is -2.49. The van der Waals surface area contributed by atoms with Gasteiger partial charge in [0.05, 0.1) is 11.4 Å². The maximum atomic E-state index is 15.7. The number of amides is 2. The fraction of sp³-hybridized carbons (Fsp3) is 0.405. The van der Waals surface area contributed by atoms with Gasteiger partial charge in [-0.1, -0.05) is 25.1 Å². The van der Waals surface area contributed by atoms with Crippen molar-refractivity contribution in [2.45, 2.75) is 39.5 Å². The maximum absolute atomic E-state index is 15.7. The van der Waals surface area contributed by atoms with Crippen LogP contribution >= 0.6 is 0 Å². The number of carbonyl (C=O) groups excluding carboxylic acids is 2. The van der Waals surface area contributed by atoms with Crippen LogP contribution in [0.5, 0.6) is 0 Å². The molecule has 53 heavy (non-hydrogen) atoms. The first-order chi connectivity index (χ1) is 25.8. The zero-order chi connectivity index (χ0) is 36.9. The number of anilines is 4. The van der Waals surface area contributed by atoms with Crippen LogP contribution in [-0.4, -0.2) is 93.4 Å². The van der Waals surface area contributed by atoms with Crippen molar-refractivity contribution in [2.75, 3.05) is 86.0 Å². The van der Waals surface area contributed by atoms with E-state index in [2.05, 4.69) is 104 Å². The van der Waals surface area contributed by atoms with E-state index in [9.17, 15) is 9.59 Å². The summed E-state index contributed by atoms with van der Waals surface area (Å²) in [7, 11) is 1.95. The highest BCUT2D eigenvalue weighted by Crippen LogP contribution is 2.36. The largest absolute Gasteiger partial charge is 0.374 e. The van der Waals surface area contributed by atoms with Gasteiger partial charge in [0.1, 0.15) is 5.82 Å². The molecule has 1 aromatic heterocycles. The highest BCUT2D eigenvalue weighted by Gasteiger charge is 2.26. The summed E-state index contributed by atoms with van der Waals surface area (Å²) < 4.78 is 15.7. The second kappa shape index (κ2) is 16.2. The third-order valence-electron chi connectivity index (χ3n) is 11.3. The molecule has 3 aliphatic heterocycles. The van der Waals surface area contributed by atoms with Gasteiger partial charge in [-0.3, -0.25) is 24.9 Å². The van der Waals surface area contributed by atoms with Gasteiger partial charge in [-0.25, -0.2) is 4.39 Å². The van der Waals surface area contributed by atoms with Crippen LogP contribution in [0.15, 0.2) is 60.7 Å². The minimum absolute atomic E-state index is 0.171. The first kappa shape index (κ1) is 36.2. The van der Waals surface area contributed by atoms with Crippen LogP contribution in [0.25, 0.3) is 22.9 Å². The summed E-state index contributed by atoms with van der Waals surface area (Å²) in [6.45, 7) is 12.1. The normalized spacial score (nSPS) is 16.5. The number of aromatic nitrogens is 2. The molecule has 2 fully saturated rings. The lowest BCUT2D eigenvalue weighted by molar-refractivity contribution is -0.125. The van der Waals surface area contributed by atoms with Crippen LogP contribution in [0.4, 0.5) is 27.3 Å². The van der Waals surface area contributed by atoms with E-state index >= 15 is 4.39 Å². The van der Waals surface area contributed by atoms with E-state index in [1.165, 1.54) is 16.8 Å². The van der Waals surface area contributed by atoms with Crippen molar-refractivity contribution in [2.24, 2.45) is 5.92 Å². The van der Waals surface area contributed by atoms with Gasteiger partial charge in [0.2, 0.25) is 12.3 Å². The first-order valence-electron chi connectivity index (χ1n) is 19.0. The average molecular weight is 719 g/mol. The molecule has 278 valence electrons. The summed E-state index contributed by atoms with van der Waals surface area (Å²) >= 11 is 0. The fourth-order valence-corrected chi connectivity index (χ4v) is 8.01. The van der Waals surface area contributed by atoms with E-state index in [-0.39, 0.29) is 18.1 Å². The standard InChI is InChI=1S/C42H51FN8O2/c1-4-31-5-6-33(23-29(31)2)41-37-24-34(26-44-42(37)47-46-41)32-7-12-39(38(43)25-32)51-21-19-49(20-22-51)27-30-13-17-50(18-14-30)36-10-8-35(9-11-36)48(3)16-15-40(53)45-28-52/h5-12,23-25,28,30H,4,13-22,26-27H2,1-3H3,(H2,44,46,47)(H,45,52,53). The Morgan fingerprint density at radius 1 is 0.981 bits per heavy atom. The van der Waals surface area contributed by atoms with Crippen molar-refractivity contribution >= 4 is 46.8 Å². The number of aryl methyl sites for hydroxylation is 2. The number of piperazine rings is 1. The molecule has 3 aromatic carbocycles. The molecule has 2 amide bonds. The maximum Gasteiger partial charge on any atom is 0.228 e. The van der Waals surface area contributed by atoms with Crippen molar-refractivity contribution in [1.29, 1.82) is 0 Å². The van der Waals surface area contributed by atoms with Gasteiger partial charge in [0.15, 0.2) is 5.82 Å². The second-order valence-electron chi connectivity index (χ2n) is 14.6. The molecule has 0 radical (unpaired) electrons. The molecular formula is C42H51FN8O2. The molecule has 0 spiro atoms. The first-order valence-corrected chi connectivity index (χ1v) is 19.0. The van der Waals surface area contributed by atoms with Crippen LogP contribution in [0.3, 0.4) is 0 Å². The van der Waals surface area contributed by atoms with E-state index in [4.69, 9.17) is 0 Å². The number of nitrogens with one attached hydrogen (secondary N) is 3. The van der Waals surface area contributed by atoms with Crippen molar-refractivity contribution in [1.82, 2.24) is 20.4 Å². The second-order valence-corrected chi connectivity index (χ2v) is 14.6. The molecule has 7 rings (SSSR count). The molecule has 0 atom stereocenters. The minimum Gasteiger partial charge on any atom is -0.374 e. The Bertz CT molecular complexity index is 1940. The van der Waals surface area contributed by atoms with Crippen LogP contribution in [0.2, 0.25) is 0 Å². The Kier molecular flexibility index (Phi) is 11.1. The van der Waals surface area contributed by atoms with Gasteiger partial charge < -0.3 is 20.0 Å². The summed E-state index contributed by atoms with van der Waals surface area (Å²) in [5, 5.41) is 13.4. The number of hydrogen-bond acceptors (Lipinski definition) is 8. The molecule has 11 heteroatoms. The highest BCUT2D eigenvalue weighted by molar-refractivity contribution is 5.94. The molecule has 0 aliphatic carbocycles. The Labute approximate surface area is 312 Å². The van der Waals surface area contributed by atoms with Crippen molar-refractivity contribution in [3.63, 3.8) is 0 Å². The van der Waals surface area contributed by atoms with E-state index in [0.29, 0.717) is 31.1 Å².